The van der Waals surface area contributed by atoms with Crippen LogP contribution < -0.4 is 0 Å². The van der Waals surface area contributed by atoms with Crippen LogP contribution in [0.25, 0.3) is 0 Å². The fourth-order valence-corrected chi connectivity index (χ4v) is 6.14. The van der Waals surface area contributed by atoms with E-state index in [0.29, 0.717) is 13.0 Å². The van der Waals surface area contributed by atoms with Gasteiger partial charge in [-0.25, -0.2) is 0 Å². The minimum Gasteiger partial charge on any atom is -0.461 e. The van der Waals surface area contributed by atoms with E-state index >= 15 is 0 Å². The summed E-state index contributed by atoms with van der Waals surface area (Å²) < 4.78 is 17.2. The Morgan fingerprint density at radius 1 is 0.371 bits per heavy atom. The SMILES string of the molecule is CC/C=C\C/C=C\C/C=C\C/C=C\C/C=C\CC(=O)OCC(COCCCCCCCC/C=C\C/C=C\C/C=C\CC)OC(=O)CCCCCCC/C=C\C/C=C\C/C=C\CC. The zero-order valence-corrected chi connectivity index (χ0v) is 39.8. The summed E-state index contributed by atoms with van der Waals surface area (Å²) in [6.45, 7) is 7.31. The van der Waals surface area contributed by atoms with E-state index in [1.54, 1.807) is 0 Å². The summed E-state index contributed by atoms with van der Waals surface area (Å²) in [7, 11) is 0. The summed E-state index contributed by atoms with van der Waals surface area (Å²) in [4.78, 5) is 25.3. The van der Waals surface area contributed by atoms with Crippen molar-refractivity contribution >= 4 is 11.9 Å². The molecule has 0 saturated carbocycles. The second kappa shape index (κ2) is 51.4. The van der Waals surface area contributed by atoms with Crippen LogP contribution in [0.1, 0.15) is 188 Å². The van der Waals surface area contributed by atoms with E-state index in [0.717, 1.165) is 122 Å². The number of carbonyl (C=O) groups excluding carboxylic acids is 2. The van der Waals surface area contributed by atoms with Gasteiger partial charge in [-0.15, -0.1) is 0 Å². The van der Waals surface area contributed by atoms with Gasteiger partial charge in [-0.05, 0) is 109 Å². The highest BCUT2D eigenvalue weighted by atomic mass is 16.6. The van der Waals surface area contributed by atoms with E-state index in [2.05, 4.69) is 142 Å². The second-order valence-corrected chi connectivity index (χ2v) is 15.6. The van der Waals surface area contributed by atoms with Crippen LogP contribution >= 0.6 is 0 Å². The Kier molecular flexibility index (Phi) is 48.1. The number of esters is 2. The van der Waals surface area contributed by atoms with E-state index in [4.69, 9.17) is 14.2 Å². The quantitative estimate of drug-likeness (QED) is 0.0347. The van der Waals surface area contributed by atoms with Crippen LogP contribution in [-0.2, 0) is 23.8 Å². The summed E-state index contributed by atoms with van der Waals surface area (Å²) in [5.74, 6) is -0.582. The molecule has 0 aromatic carbocycles. The summed E-state index contributed by atoms with van der Waals surface area (Å²) in [6.07, 6.45) is 73.4. The van der Waals surface area contributed by atoms with Crippen molar-refractivity contribution in [2.75, 3.05) is 19.8 Å². The van der Waals surface area contributed by atoms with Gasteiger partial charge in [-0.3, -0.25) is 9.59 Å². The third-order valence-electron chi connectivity index (χ3n) is 9.70. The first-order chi connectivity index (χ1) is 30.6. The Morgan fingerprint density at radius 3 is 1.16 bits per heavy atom. The number of unbranched alkanes of at least 4 members (excludes halogenated alkanes) is 11. The van der Waals surface area contributed by atoms with Gasteiger partial charge in [0.25, 0.3) is 0 Å². The van der Waals surface area contributed by atoms with E-state index in [9.17, 15) is 9.59 Å². The maximum Gasteiger partial charge on any atom is 0.309 e. The molecule has 0 bridgehead atoms. The average Bonchev–Trinajstić information content (AvgIpc) is 3.27. The lowest BCUT2D eigenvalue weighted by Crippen LogP contribution is -2.30. The van der Waals surface area contributed by atoms with Crippen molar-refractivity contribution in [3.63, 3.8) is 0 Å². The van der Waals surface area contributed by atoms with E-state index in [1.807, 2.05) is 12.2 Å². The molecular weight excluding hydrogens is 765 g/mol. The standard InChI is InChI=1S/C57H90O5/c1-4-7-10-13-16-19-22-25-28-31-34-37-40-43-46-49-52-60-53-55(62-57(59)51-48-45-42-39-36-33-30-27-24-21-18-15-12-9-6-3)54-61-56(58)50-47-44-41-38-35-32-29-26-23-20-17-14-11-8-5-2/h7-12,16-21,25-30,35,38,44,47,55H,4-6,13-15,22-24,31-34,36-37,39-43,45-46,48-54H2,1-3H3/b10-7-,11-8-,12-9-,19-16-,20-17-,21-18-,28-25-,29-26-,30-27-,38-35-,47-44-. The van der Waals surface area contributed by atoms with Gasteiger partial charge in [-0.1, -0.05) is 199 Å². The molecule has 348 valence electrons. The van der Waals surface area contributed by atoms with Crippen LogP contribution in [0, 0.1) is 0 Å². The Balaban J connectivity index is 4.48. The van der Waals surface area contributed by atoms with E-state index in [-0.39, 0.29) is 31.6 Å². The van der Waals surface area contributed by atoms with Crippen molar-refractivity contribution < 1.29 is 23.8 Å². The van der Waals surface area contributed by atoms with Crippen LogP contribution in [0.3, 0.4) is 0 Å². The Hall–Kier alpha value is -3.96. The van der Waals surface area contributed by atoms with Gasteiger partial charge in [0.1, 0.15) is 6.61 Å². The van der Waals surface area contributed by atoms with Gasteiger partial charge in [0, 0.05) is 13.0 Å². The van der Waals surface area contributed by atoms with Gasteiger partial charge in [0.05, 0.1) is 13.0 Å². The minimum absolute atomic E-state index is 0.00945. The molecule has 5 heteroatoms. The Morgan fingerprint density at radius 2 is 0.726 bits per heavy atom. The van der Waals surface area contributed by atoms with Gasteiger partial charge in [-0.2, -0.15) is 0 Å². The van der Waals surface area contributed by atoms with Crippen LogP contribution in [0.4, 0.5) is 0 Å². The lowest BCUT2D eigenvalue weighted by Gasteiger charge is -2.18. The molecule has 0 saturated heterocycles. The third-order valence-corrected chi connectivity index (χ3v) is 9.70. The number of rotatable bonds is 43. The fourth-order valence-electron chi connectivity index (χ4n) is 6.14. The van der Waals surface area contributed by atoms with Crippen molar-refractivity contribution in [1.29, 1.82) is 0 Å². The maximum absolute atomic E-state index is 12.8. The van der Waals surface area contributed by atoms with E-state index in [1.165, 1.54) is 32.1 Å². The van der Waals surface area contributed by atoms with Crippen LogP contribution in [0.15, 0.2) is 134 Å². The first kappa shape index (κ1) is 58.0. The normalized spacial score (nSPS) is 13.4. The molecule has 0 rings (SSSR count). The first-order valence-electron chi connectivity index (χ1n) is 24.7. The molecule has 0 aliphatic heterocycles. The summed E-state index contributed by atoms with van der Waals surface area (Å²) in [6, 6.07) is 0. The molecular formula is C57H90O5. The summed E-state index contributed by atoms with van der Waals surface area (Å²) in [5.41, 5.74) is 0. The number of ether oxygens (including phenoxy) is 3. The topological polar surface area (TPSA) is 61.8 Å². The first-order valence-corrected chi connectivity index (χ1v) is 24.7. The number of hydrogen-bond donors (Lipinski definition) is 0. The molecule has 62 heavy (non-hydrogen) atoms. The molecule has 0 aromatic heterocycles. The maximum atomic E-state index is 12.8. The lowest BCUT2D eigenvalue weighted by atomic mass is 10.1. The lowest BCUT2D eigenvalue weighted by molar-refractivity contribution is -0.162. The van der Waals surface area contributed by atoms with Crippen molar-refractivity contribution in [2.45, 2.75) is 194 Å². The minimum atomic E-state index is -0.601. The molecule has 5 nitrogen and oxygen atoms in total. The molecule has 0 heterocycles. The predicted octanol–water partition coefficient (Wildman–Crippen LogP) is 16.8. The molecule has 0 aliphatic carbocycles. The highest BCUT2D eigenvalue weighted by Gasteiger charge is 2.17. The molecule has 0 aromatic rings. The van der Waals surface area contributed by atoms with Crippen molar-refractivity contribution in [3.05, 3.63) is 134 Å². The van der Waals surface area contributed by atoms with E-state index < -0.39 is 6.10 Å². The zero-order valence-electron chi connectivity index (χ0n) is 39.8. The van der Waals surface area contributed by atoms with Gasteiger partial charge in [0.2, 0.25) is 0 Å². The van der Waals surface area contributed by atoms with Crippen LogP contribution in [0.5, 0.6) is 0 Å². The Bertz CT molecular complexity index is 1330. The molecule has 0 spiro atoms. The molecule has 0 amide bonds. The monoisotopic (exact) mass is 855 g/mol. The molecule has 0 aliphatic rings. The molecule has 1 unspecified atom stereocenters. The summed E-state index contributed by atoms with van der Waals surface area (Å²) in [5, 5.41) is 0. The Labute approximate surface area is 381 Å². The predicted molar refractivity (Wildman–Crippen MR) is 269 cm³/mol. The largest absolute Gasteiger partial charge is 0.461 e. The fraction of sp³-hybridized carbons (Fsp3) is 0.579. The van der Waals surface area contributed by atoms with Crippen LogP contribution in [0.2, 0.25) is 0 Å². The number of allylic oxidation sites excluding steroid dienone is 21. The van der Waals surface area contributed by atoms with Crippen molar-refractivity contribution in [1.82, 2.24) is 0 Å². The molecule has 0 fully saturated rings. The highest BCUT2D eigenvalue weighted by Crippen LogP contribution is 2.11. The second-order valence-electron chi connectivity index (χ2n) is 15.6. The summed E-state index contributed by atoms with van der Waals surface area (Å²) >= 11 is 0. The van der Waals surface area contributed by atoms with Crippen molar-refractivity contribution in [2.24, 2.45) is 0 Å². The van der Waals surface area contributed by atoms with Crippen molar-refractivity contribution in [3.8, 4) is 0 Å². The average molecular weight is 855 g/mol. The molecule has 1 atom stereocenters. The number of carbonyl (C=O) groups is 2. The molecule has 0 N–H and O–H groups in total. The number of hydrogen-bond acceptors (Lipinski definition) is 5. The smallest absolute Gasteiger partial charge is 0.309 e. The zero-order chi connectivity index (χ0) is 44.9. The third kappa shape index (κ3) is 48.7. The van der Waals surface area contributed by atoms with Gasteiger partial charge in [0.15, 0.2) is 6.10 Å². The van der Waals surface area contributed by atoms with Gasteiger partial charge < -0.3 is 14.2 Å². The molecule has 0 radical (unpaired) electrons. The van der Waals surface area contributed by atoms with Crippen LogP contribution in [-0.4, -0.2) is 37.9 Å². The highest BCUT2D eigenvalue weighted by molar-refractivity contribution is 5.71. The van der Waals surface area contributed by atoms with Gasteiger partial charge >= 0.3 is 11.9 Å².